The molecule has 0 saturated heterocycles. The Morgan fingerprint density at radius 2 is 1.41 bits per heavy atom. The molecule has 118 valence electrons. The van der Waals surface area contributed by atoms with Crippen molar-refractivity contribution < 1.29 is 0 Å². The molecule has 0 heterocycles. The van der Waals surface area contributed by atoms with E-state index in [2.05, 4.69) is 91.8 Å². The van der Waals surface area contributed by atoms with E-state index in [1.165, 1.54) is 24.0 Å². The summed E-state index contributed by atoms with van der Waals surface area (Å²) in [7, 11) is -1.42. The Morgan fingerprint density at radius 1 is 0.864 bits per heavy atom. The van der Waals surface area contributed by atoms with Crippen molar-refractivity contribution in [2.24, 2.45) is 0 Å². The van der Waals surface area contributed by atoms with E-state index in [9.17, 15) is 0 Å². The molecule has 0 radical (unpaired) electrons. The second-order valence-corrected chi connectivity index (χ2v) is 11.9. The van der Waals surface area contributed by atoms with Gasteiger partial charge in [-0.3, -0.25) is 0 Å². The maximum atomic E-state index is 2.78. The Morgan fingerprint density at radius 3 is 1.91 bits per heavy atom. The number of hydrogen-bond donors (Lipinski definition) is 0. The van der Waals surface area contributed by atoms with Gasteiger partial charge in [-0.1, -0.05) is 93.6 Å². The zero-order valence-corrected chi connectivity index (χ0v) is 15.4. The highest BCUT2D eigenvalue weighted by molar-refractivity contribution is 6.73. The maximum Gasteiger partial charge on any atom is 0.120 e. The molecule has 2 rings (SSSR count). The summed E-state index contributed by atoms with van der Waals surface area (Å²) in [6.45, 7) is 10.7. The molecule has 0 bridgehead atoms. The maximum absolute atomic E-state index is 2.78. The Labute approximate surface area is 137 Å². The van der Waals surface area contributed by atoms with Crippen LogP contribution in [0.25, 0.3) is 0 Å². The predicted octanol–water partition coefficient (Wildman–Crippen LogP) is 5.86. The first-order valence-electron chi connectivity index (χ1n) is 8.38. The molecule has 0 spiro atoms. The molecule has 0 aliphatic heterocycles. The number of rotatable bonds is 7. The molecule has 0 amide bonds. The number of hydrogen-bond acceptors (Lipinski definition) is 1. The first-order chi connectivity index (χ1) is 10.5. The molecule has 0 saturated carbocycles. The third kappa shape index (κ3) is 4.55. The second kappa shape index (κ2) is 7.75. The van der Waals surface area contributed by atoms with Crippen LogP contribution >= 0.6 is 0 Å². The van der Waals surface area contributed by atoms with Crippen molar-refractivity contribution in [1.82, 2.24) is 4.57 Å². The summed E-state index contributed by atoms with van der Waals surface area (Å²) in [4.78, 5) is 0. The van der Waals surface area contributed by atoms with Gasteiger partial charge in [-0.25, -0.2) is 0 Å². The van der Waals surface area contributed by atoms with Crippen LogP contribution in [0.3, 0.4) is 0 Å². The van der Waals surface area contributed by atoms with E-state index in [0.717, 1.165) is 6.54 Å². The molecule has 0 aromatic heterocycles. The van der Waals surface area contributed by atoms with Gasteiger partial charge >= 0.3 is 0 Å². The van der Waals surface area contributed by atoms with E-state index in [1.54, 1.807) is 0 Å². The third-order valence-electron chi connectivity index (χ3n) is 4.18. The smallest absolute Gasteiger partial charge is 0.120 e. The normalized spacial score (nSPS) is 13.3. The minimum atomic E-state index is -1.42. The van der Waals surface area contributed by atoms with Gasteiger partial charge in [-0.05, 0) is 17.5 Å². The minimum absolute atomic E-state index is 0.526. The van der Waals surface area contributed by atoms with Crippen LogP contribution in [-0.4, -0.2) is 12.8 Å². The van der Waals surface area contributed by atoms with Gasteiger partial charge in [-0.2, -0.15) is 0 Å². The summed E-state index contributed by atoms with van der Waals surface area (Å²) >= 11 is 0. The van der Waals surface area contributed by atoms with Crippen molar-refractivity contribution in [2.75, 3.05) is 0 Å². The summed E-state index contributed by atoms with van der Waals surface area (Å²) in [6.07, 6.45) is 2.44. The summed E-state index contributed by atoms with van der Waals surface area (Å²) in [5.41, 5.74) is 2.88. The molecule has 22 heavy (non-hydrogen) atoms. The van der Waals surface area contributed by atoms with Crippen molar-refractivity contribution in [2.45, 2.75) is 52.0 Å². The lowest BCUT2D eigenvalue weighted by atomic mass is 10.0. The van der Waals surface area contributed by atoms with Crippen molar-refractivity contribution in [3.8, 4) is 0 Å². The topological polar surface area (TPSA) is 3.24 Å². The van der Waals surface area contributed by atoms with Gasteiger partial charge in [-0.15, -0.1) is 0 Å². The first-order valence-corrected chi connectivity index (χ1v) is 11.8. The van der Waals surface area contributed by atoms with Crippen LogP contribution in [0.2, 0.25) is 19.6 Å². The van der Waals surface area contributed by atoms with Crippen LogP contribution < -0.4 is 0 Å². The van der Waals surface area contributed by atoms with Gasteiger partial charge in [0.05, 0.1) is 0 Å². The van der Waals surface area contributed by atoms with Crippen molar-refractivity contribution in [3.63, 3.8) is 0 Å². The minimum Gasteiger partial charge on any atom is -0.313 e. The highest BCUT2D eigenvalue weighted by atomic mass is 28.3. The van der Waals surface area contributed by atoms with Gasteiger partial charge in [0.15, 0.2) is 0 Å². The summed E-state index contributed by atoms with van der Waals surface area (Å²) < 4.78 is 2.78. The van der Waals surface area contributed by atoms with Crippen LogP contribution in [-0.2, 0) is 6.54 Å². The summed E-state index contributed by atoms with van der Waals surface area (Å²) in [5.74, 6) is 0. The SMILES string of the molecule is CCCC(c1ccccc1)N(Cc1ccccc1)[Si](C)(C)C. The van der Waals surface area contributed by atoms with Gasteiger partial charge < -0.3 is 4.57 Å². The lowest BCUT2D eigenvalue weighted by Crippen LogP contribution is -2.47. The van der Waals surface area contributed by atoms with Crippen molar-refractivity contribution >= 4 is 8.24 Å². The average Bonchev–Trinajstić information content (AvgIpc) is 2.51. The van der Waals surface area contributed by atoms with Gasteiger partial charge in [0.25, 0.3) is 0 Å². The van der Waals surface area contributed by atoms with E-state index in [4.69, 9.17) is 0 Å². The van der Waals surface area contributed by atoms with E-state index in [1.807, 2.05) is 0 Å². The van der Waals surface area contributed by atoms with E-state index < -0.39 is 8.24 Å². The van der Waals surface area contributed by atoms with Gasteiger partial charge in [0.1, 0.15) is 8.24 Å². The lowest BCUT2D eigenvalue weighted by Gasteiger charge is -2.41. The molecule has 0 aliphatic rings. The van der Waals surface area contributed by atoms with Crippen molar-refractivity contribution in [1.29, 1.82) is 0 Å². The Bertz CT molecular complexity index is 545. The average molecular weight is 312 g/mol. The zero-order valence-electron chi connectivity index (χ0n) is 14.4. The molecule has 2 aromatic rings. The monoisotopic (exact) mass is 311 g/mol. The fourth-order valence-electron chi connectivity index (χ4n) is 3.05. The lowest BCUT2D eigenvalue weighted by molar-refractivity contribution is 0.295. The van der Waals surface area contributed by atoms with Crippen LogP contribution in [0.1, 0.15) is 36.9 Å². The number of benzene rings is 2. The fourth-order valence-corrected chi connectivity index (χ4v) is 4.92. The fraction of sp³-hybridized carbons (Fsp3) is 0.400. The molecule has 0 aliphatic carbocycles. The first kappa shape index (κ1) is 17.0. The molecule has 0 fully saturated rings. The molecule has 1 atom stereocenters. The highest BCUT2D eigenvalue weighted by Crippen LogP contribution is 2.32. The molecule has 1 unspecified atom stereocenters. The van der Waals surface area contributed by atoms with Crippen LogP contribution in [0, 0.1) is 0 Å². The predicted molar refractivity (Wildman–Crippen MR) is 99.4 cm³/mol. The largest absolute Gasteiger partial charge is 0.313 e. The molecule has 1 nitrogen and oxygen atoms in total. The molecular weight excluding hydrogens is 282 g/mol. The summed E-state index contributed by atoms with van der Waals surface area (Å²) in [5, 5.41) is 0. The van der Waals surface area contributed by atoms with Gasteiger partial charge in [0.2, 0.25) is 0 Å². The zero-order chi connectivity index (χ0) is 16.0. The highest BCUT2D eigenvalue weighted by Gasteiger charge is 2.31. The Balaban J connectivity index is 2.33. The molecule has 2 aromatic carbocycles. The Hall–Kier alpha value is -1.38. The van der Waals surface area contributed by atoms with Crippen LogP contribution in [0.15, 0.2) is 60.7 Å². The quantitative estimate of drug-likeness (QED) is 0.578. The molecular formula is C20H29NSi. The van der Waals surface area contributed by atoms with Crippen molar-refractivity contribution in [3.05, 3.63) is 71.8 Å². The molecule has 2 heteroatoms. The summed E-state index contributed by atoms with van der Waals surface area (Å²) in [6, 6.07) is 22.5. The van der Waals surface area contributed by atoms with Crippen LogP contribution in [0.4, 0.5) is 0 Å². The van der Waals surface area contributed by atoms with Gasteiger partial charge in [0, 0.05) is 12.6 Å². The molecule has 0 N–H and O–H groups in total. The second-order valence-electron chi connectivity index (χ2n) is 7.00. The number of nitrogens with zero attached hydrogens (tertiary/aromatic N) is 1. The third-order valence-corrected chi connectivity index (χ3v) is 6.37. The van der Waals surface area contributed by atoms with E-state index >= 15 is 0 Å². The standard InChI is InChI=1S/C20H29NSi/c1-5-12-20(19-15-10-7-11-16-19)21(22(2,3)4)17-18-13-8-6-9-14-18/h6-11,13-16,20H,5,12,17H2,1-4H3. The van der Waals surface area contributed by atoms with Crippen LogP contribution in [0.5, 0.6) is 0 Å². The van der Waals surface area contributed by atoms with E-state index in [0.29, 0.717) is 6.04 Å². The Kier molecular flexibility index (Phi) is 5.98. The van der Waals surface area contributed by atoms with E-state index in [-0.39, 0.29) is 0 Å².